The molecule has 2 heterocycles. The zero-order valence-electron chi connectivity index (χ0n) is 21.8. The molecule has 0 saturated heterocycles. The van der Waals surface area contributed by atoms with Gasteiger partial charge in [-0.05, 0) is 38.1 Å². The third-order valence-electron chi connectivity index (χ3n) is 7.08. The molecule has 1 unspecified atom stereocenters. The Morgan fingerprint density at radius 1 is 1.16 bits per heavy atom. The van der Waals surface area contributed by atoms with Gasteiger partial charge in [0.15, 0.2) is 9.84 Å². The Morgan fingerprint density at radius 2 is 1.89 bits per heavy atom. The molecule has 4 rings (SSSR count). The number of dihydropyridines is 1. The van der Waals surface area contributed by atoms with Crippen LogP contribution in [0.15, 0.2) is 70.4 Å². The van der Waals surface area contributed by atoms with Gasteiger partial charge >= 0.3 is 5.97 Å². The fraction of sp³-hybridized carbons (Fsp3) is 0.393. The lowest BCUT2D eigenvalue weighted by atomic mass is 10.0. The van der Waals surface area contributed by atoms with Crippen LogP contribution < -0.4 is 5.32 Å². The van der Waals surface area contributed by atoms with E-state index in [2.05, 4.69) is 15.1 Å². The van der Waals surface area contributed by atoms with Crippen LogP contribution in [0.1, 0.15) is 37.4 Å². The number of allylic oxidation sites excluding steroid dienone is 2. The molecule has 1 N–H and O–H groups in total. The molecule has 0 bridgehead atoms. The van der Waals surface area contributed by atoms with Crippen molar-refractivity contribution >= 4 is 39.0 Å². The van der Waals surface area contributed by atoms with Crippen LogP contribution in [-0.2, 0) is 25.9 Å². The first-order valence-electron chi connectivity index (χ1n) is 12.6. The first-order chi connectivity index (χ1) is 18.1. The van der Waals surface area contributed by atoms with E-state index in [1.807, 2.05) is 56.4 Å². The van der Waals surface area contributed by atoms with Gasteiger partial charge in [0, 0.05) is 50.0 Å². The number of likely N-dealkylation sites (N-methyl/N-ethyl adjacent to an activating group) is 1. The second-order valence-corrected chi connectivity index (χ2v) is 12.7. The van der Waals surface area contributed by atoms with Gasteiger partial charge in [-0.25, -0.2) is 13.2 Å². The lowest BCUT2D eigenvalue weighted by molar-refractivity contribution is -0.139. The van der Waals surface area contributed by atoms with Crippen molar-refractivity contribution in [2.24, 2.45) is 0 Å². The molecule has 0 amide bonds. The van der Waals surface area contributed by atoms with Crippen molar-refractivity contribution in [3.63, 3.8) is 0 Å². The number of carbonyl (C=O) groups is 1. The number of hydrogen-bond donors (Lipinski definition) is 1. The number of ether oxygens (including phenoxy) is 1. The Morgan fingerprint density at radius 3 is 2.63 bits per heavy atom. The molecule has 204 valence electrons. The minimum absolute atomic E-state index is 0.0231. The smallest absolute Gasteiger partial charge is 0.336 e. The van der Waals surface area contributed by atoms with Crippen LogP contribution in [0.5, 0.6) is 0 Å². The molecule has 2 aliphatic heterocycles. The Hall–Kier alpha value is -2.36. The van der Waals surface area contributed by atoms with Crippen LogP contribution in [-0.4, -0.2) is 63.2 Å². The summed E-state index contributed by atoms with van der Waals surface area (Å²) in [6.07, 6.45) is 0.0231. The van der Waals surface area contributed by atoms with Crippen molar-refractivity contribution in [3.8, 4) is 0 Å². The Kier molecular flexibility index (Phi) is 9.21. The second-order valence-electron chi connectivity index (χ2n) is 9.77. The molecule has 7 nitrogen and oxygen atoms in total. The van der Waals surface area contributed by atoms with E-state index in [1.54, 1.807) is 13.0 Å². The summed E-state index contributed by atoms with van der Waals surface area (Å²) in [5.41, 5.74) is 3.55. The number of benzene rings is 2. The maximum Gasteiger partial charge on any atom is 0.336 e. The molecular weight excluding hydrogens is 545 g/mol. The van der Waals surface area contributed by atoms with Gasteiger partial charge in [-0.1, -0.05) is 65.7 Å². The fourth-order valence-electron chi connectivity index (χ4n) is 4.79. The average Bonchev–Trinajstić information content (AvgIpc) is 3.00. The molecular formula is C28H33Cl2N3O4S. The maximum absolute atomic E-state index is 13.3. The summed E-state index contributed by atoms with van der Waals surface area (Å²) in [5.74, 6) is -0.549. The van der Waals surface area contributed by atoms with Crippen molar-refractivity contribution in [2.45, 2.75) is 32.9 Å². The highest BCUT2D eigenvalue weighted by atomic mass is 35.5. The lowest BCUT2D eigenvalue weighted by Crippen LogP contribution is -2.34. The summed E-state index contributed by atoms with van der Waals surface area (Å²) in [7, 11) is -1.61. The van der Waals surface area contributed by atoms with Crippen LogP contribution in [0.3, 0.4) is 0 Å². The fourth-order valence-corrected chi connectivity index (χ4v) is 6.83. The number of esters is 1. The Bertz CT molecular complexity index is 1360. The third-order valence-corrected chi connectivity index (χ3v) is 9.77. The Labute approximate surface area is 235 Å². The predicted molar refractivity (Wildman–Crippen MR) is 151 cm³/mol. The minimum atomic E-state index is -3.58. The number of sulfone groups is 1. The molecule has 0 radical (unpaired) electrons. The summed E-state index contributed by atoms with van der Waals surface area (Å²) >= 11 is 12.7. The van der Waals surface area contributed by atoms with Gasteiger partial charge in [0.25, 0.3) is 0 Å². The molecule has 10 heteroatoms. The van der Waals surface area contributed by atoms with Gasteiger partial charge in [0.2, 0.25) is 0 Å². The van der Waals surface area contributed by atoms with Gasteiger partial charge in [-0.2, -0.15) is 0 Å². The van der Waals surface area contributed by atoms with E-state index in [0.29, 0.717) is 46.6 Å². The van der Waals surface area contributed by atoms with E-state index in [9.17, 15) is 13.2 Å². The zero-order chi connectivity index (χ0) is 27.4. The average molecular weight is 579 g/mol. The van der Waals surface area contributed by atoms with E-state index in [-0.39, 0.29) is 29.7 Å². The summed E-state index contributed by atoms with van der Waals surface area (Å²) < 4.78 is 32.1. The molecule has 38 heavy (non-hydrogen) atoms. The van der Waals surface area contributed by atoms with Gasteiger partial charge < -0.3 is 10.1 Å². The van der Waals surface area contributed by atoms with Crippen LogP contribution in [0.2, 0.25) is 10.0 Å². The third kappa shape index (κ3) is 6.61. The number of rotatable bonds is 8. The molecule has 1 atom stereocenters. The van der Waals surface area contributed by atoms with Gasteiger partial charge in [0.1, 0.15) is 6.61 Å². The van der Waals surface area contributed by atoms with Crippen molar-refractivity contribution < 1.29 is 17.9 Å². The van der Waals surface area contributed by atoms with Crippen molar-refractivity contribution in [3.05, 3.63) is 91.6 Å². The van der Waals surface area contributed by atoms with Crippen LogP contribution in [0, 0.1) is 0 Å². The highest BCUT2D eigenvalue weighted by molar-refractivity contribution is 7.95. The van der Waals surface area contributed by atoms with Crippen LogP contribution in [0.4, 0.5) is 0 Å². The molecule has 0 aromatic heterocycles. The van der Waals surface area contributed by atoms with Crippen molar-refractivity contribution in [1.29, 1.82) is 0 Å². The normalized spacial score (nSPS) is 18.6. The monoisotopic (exact) mass is 577 g/mol. The molecule has 2 aromatic carbocycles. The van der Waals surface area contributed by atoms with Crippen LogP contribution >= 0.6 is 23.2 Å². The quantitative estimate of drug-likeness (QED) is 0.445. The number of nitrogens with zero attached hydrogens (tertiary/aromatic N) is 2. The second kappa shape index (κ2) is 12.2. The molecule has 2 aliphatic rings. The topological polar surface area (TPSA) is 79.0 Å². The van der Waals surface area contributed by atoms with E-state index >= 15 is 0 Å². The van der Waals surface area contributed by atoms with Crippen molar-refractivity contribution in [2.75, 3.05) is 39.0 Å². The lowest BCUT2D eigenvalue weighted by Gasteiger charge is -2.31. The largest absolute Gasteiger partial charge is 0.461 e. The highest BCUT2D eigenvalue weighted by Gasteiger charge is 2.35. The molecule has 2 aromatic rings. The zero-order valence-corrected chi connectivity index (χ0v) is 24.2. The van der Waals surface area contributed by atoms with Crippen molar-refractivity contribution in [1.82, 2.24) is 15.1 Å². The SMILES string of the molecule is CC1=C(C(=O)OCCN(C)Cc2ccccc2)CC2=C(CN(C(C)c3cccc(Cl)c3Cl)CCS2(=O)=O)N1. The maximum atomic E-state index is 13.3. The summed E-state index contributed by atoms with van der Waals surface area (Å²) in [6, 6.07) is 15.4. The molecule has 0 saturated carbocycles. The van der Waals surface area contributed by atoms with Gasteiger partial charge in [-0.3, -0.25) is 9.80 Å². The van der Waals surface area contributed by atoms with E-state index < -0.39 is 15.8 Å². The first kappa shape index (κ1) is 28.6. The standard InChI is InChI=1S/C28H33Cl2N3O4S/c1-19-23(28(34)37-14-12-32(3)17-21-8-5-4-6-9-21)16-26-25(31-19)18-33(13-15-38(26,35)36)20(2)22-10-7-11-24(29)27(22)30/h4-11,20,31H,12-18H2,1-3H3. The number of hydrogen-bond acceptors (Lipinski definition) is 7. The first-order valence-corrected chi connectivity index (χ1v) is 15.0. The number of halogens is 2. The predicted octanol–water partition coefficient (Wildman–Crippen LogP) is 4.94. The summed E-state index contributed by atoms with van der Waals surface area (Å²) in [6.45, 7) is 5.98. The highest BCUT2D eigenvalue weighted by Crippen LogP contribution is 2.36. The van der Waals surface area contributed by atoms with E-state index in [1.165, 1.54) is 5.56 Å². The summed E-state index contributed by atoms with van der Waals surface area (Å²) in [5, 5.41) is 4.14. The molecule has 0 fully saturated rings. The summed E-state index contributed by atoms with van der Waals surface area (Å²) in [4.78, 5) is 17.3. The van der Waals surface area contributed by atoms with Gasteiger partial charge in [0.05, 0.1) is 26.3 Å². The number of carbonyl (C=O) groups excluding carboxylic acids is 1. The Balaban J connectivity index is 1.42. The molecule has 0 spiro atoms. The number of nitrogens with one attached hydrogen (secondary N) is 1. The van der Waals surface area contributed by atoms with E-state index in [4.69, 9.17) is 27.9 Å². The van der Waals surface area contributed by atoms with E-state index in [0.717, 1.165) is 12.1 Å². The van der Waals surface area contributed by atoms with Crippen LogP contribution in [0.25, 0.3) is 0 Å². The van der Waals surface area contributed by atoms with Gasteiger partial charge in [-0.15, -0.1) is 0 Å². The minimum Gasteiger partial charge on any atom is -0.461 e. The molecule has 0 aliphatic carbocycles.